The lowest BCUT2D eigenvalue weighted by molar-refractivity contribution is -0.150. The van der Waals surface area contributed by atoms with Gasteiger partial charge in [-0.25, -0.2) is 4.79 Å². The molecule has 4 nitrogen and oxygen atoms in total. The molecule has 1 N–H and O–H groups in total. The first-order valence-electron chi connectivity index (χ1n) is 7.94. The second-order valence-electron chi connectivity index (χ2n) is 6.10. The summed E-state index contributed by atoms with van der Waals surface area (Å²) >= 11 is 0. The van der Waals surface area contributed by atoms with E-state index in [1.54, 1.807) is 0 Å². The smallest absolute Gasteiger partial charge is 0.328 e. The number of benzene rings is 1. The molecule has 1 aromatic rings. The van der Waals surface area contributed by atoms with E-state index in [0.29, 0.717) is 12.5 Å². The van der Waals surface area contributed by atoms with Gasteiger partial charge in [0.05, 0.1) is 13.0 Å². The van der Waals surface area contributed by atoms with Crippen LogP contribution in [0, 0.1) is 11.8 Å². The van der Waals surface area contributed by atoms with Crippen LogP contribution in [-0.4, -0.2) is 24.5 Å². The van der Waals surface area contributed by atoms with Gasteiger partial charge in [0.25, 0.3) is 0 Å². The summed E-state index contributed by atoms with van der Waals surface area (Å²) in [5.74, 6) is -0.192. The quantitative estimate of drug-likeness (QED) is 0.751. The highest BCUT2D eigenvalue weighted by Crippen LogP contribution is 2.08. The Morgan fingerprint density at radius 2 is 1.77 bits per heavy atom. The largest absolute Gasteiger partial charge is 0.464 e. The average Bonchev–Trinajstić information content (AvgIpc) is 2.50. The van der Waals surface area contributed by atoms with E-state index >= 15 is 0 Å². The minimum Gasteiger partial charge on any atom is -0.464 e. The molecule has 0 heterocycles. The molecule has 4 heteroatoms. The predicted molar refractivity (Wildman–Crippen MR) is 87.3 cm³/mol. The fourth-order valence-electron chi connectivity index (χ4n) is 1.94. The molecule has 0 bridgehead atoms. The van der Waals surface area contributed by atoms with Gasteiger partial charge in [0.15, 0.2) is 0 Å². The highest BCUT2D eigenvalue weighted by molar-refractivity contribution is 5.85. The zero-order valence-corrected chi connectivity index (χ0v) is 14.0. The van der Waals surface area contributed by atoms with Gasteiger partial charge in [-0.2, -0.15) is 0 Å². The molecule has 0 aliphatic rings. The van der Waals surface area contributed by atoms with Crippen molar-refractivity contribution >= 4 is 11.9 Å². The van der Waals surface area contributed by atoms with Crippen LogP contribution in [0.25, 0.3) is 0 Å². The first-order valence-corrected chi connectivity index (χ1v) is 7.94. The van der Waals surface area contributed by atoms with E-state index in [1.165, 1.54) is 0 Å². The maximum absolute atomic E-state index is 12.2. The zero-order valence-electron chi connectivity index (χ0n) is 14.0. The molecule has 0 aliphatic carbocycles. The summed E-state index contributed by atoms with van der Waals surface area (Å²) in [6, 6.07) is 8.88. The van der Waals surface area contributed by atoms with Crippen molar-refractivity contribution in [2.24, 2.45) is 11.8 Å². The van der Waals surface area contributed by atoms with Gasteiger partial charge in [-0.15, -0.1) is 0 Å². The van der Waals surface area contributed by atoms with Crippen LogP contribution in [0.5, 0.6) is 0 Å². The lowest BCUT2D eigenvalue weighted by Gasteiger charge is -2.21. The van der Waals surface area contributed by atoms with Gasteiger partial charge in [-0.05, 0) is 17.4 Å². The summed E-state index contributed by atoms with van der Waals surface area (Å²) in [5, 5.41) is 2.79. The molecule has 22 heavy (non-hydrogen) atoms. The standard InChI is InChI=1S/C18H27NO3/c1-5-14(4)12-22-18(21)17(13(2)3)19-16(20)11-15-9-7-6-8-10-15/h6-10,13-14,17H,5,11-12H2,1-4H3,(H,19,20)/t14?,17-/m0/s1. The molecule has 0 radical (unpaired) electrons. The molecule has 0 saturated heterocycles. The number of rotatable bonds is 8. The Morgan fingerprint density at radius 1 is 1.14 bits per heavy atom. The molecule has 1 aromatic carbocycles. The normalized spacial score (nSPS) is 13.5. The van der Waals surface area contributed by atoms with Gasteiger partial charge < -0.3 is 10.1 Å². The van der Waals surface area contributed by atoms with Crippen LogP contribution in [0.1, 0.15) is 39.7 Å². The summed E-state index contributed by atoms with van der Waals surface area (Å²) < 4.78 is 5.32. The number of amides is 1. The molecule has 0 saturated carbocycles. The van der Waals surface area contributed by atoms with E-state index < -0.39 is 6.04 Å². The zero-order chi connectivity index (χ0) is 16.5. The molecule has 122 valence electrons. The number of nitrogens with one attached hydrogen (secondary N) is 1. The summed E-state index contributed by atoms with van der Waals surface area (Å²) in [5.41, 5.74) is 0.926. The topological polar surface area (TPSA) is 55.4 Å². The van der Waals surface area contributed by atoms with Gasteiger partial charge in [-0.3, -0.25) is 4.79 Å². The van der Waals surface area contributed by atoms with E-state index in [0.717, 1.165) is 12.0 Å². The lowest BCUT2D eigenvalue weighted by Crippen LogP contribution is -2.46. The van der Waals surface area contributed by atoms with Crippen LogP contribution < -0.4 is 5.32 Å². The summed E-state index contributed by atoms with van der Waals surface area (Å²) in [7, 11) is 0. The SMILES string of the molecule is CCC(C)COC(=O)[C@@H](NC(=O)Cc1ccccc1)C(C)C. The number of carbonyl (C=O) groups excluding carboxylic acids is 2. The molecule has 1 amide bonds. The highest BCUT2D eigenvalue weighted by Gasteiger charge is 2.25. The summed E-state index contributed by atoms with van der Waals surface area (Å²) in [6.45, 7) is 8.29. The van der Waals surface area contributed by atoms with Crippen molar-refractivity contribution in [1.29, 1.82) is 0 Å². The van der Waals surface area contributed by atoms with Crippen molar-refractivity contribution in [1.82, 2.24) is 5.32 Å². The first-order chi connectivity index (χ1) is 10.4. The van der Waals surface area contributed by atoms with Gasteiger partial charge in [0, 0.05) is 0 Å². The van der Waals surface area contributed by atoms with Gasteiger partial charge in [-0.1, -0.05) is 64.4 Å². The molecular formula is C18H27NO3. The number of esters is 1. The summed E-state index contributed by atoms with van der Waals surface area (Å²) in [6.07, 6.45) is 1.22. The fraction of sp³-hybridized carbons (Fsp3) is 0.556. The van der Waals surface area contributed by atoms with Crippen LogP contribution in [0.4, 0.5) is 0 Å². The van der Waals surface area contributed by atoms with E-state index in [9.17, 15) is 9.59 Å². The van der Waals surface area contributed by atoms with Crippen LogP contribution in [0.15, 0.2) is 30.3 Å². The minimum atomic E-state index is -0.597. The van der Waals surface area contributed by atoms with Crippen molar-refractivity contribution in [3.8, 4) is 0 Å². The van der Waals surface area contributed by atoms with Crippen molar-refractivity contribution < 1.29 is 14.3 Å². The number of hydrogen-bond acceptors (Lipinski definition) is 3. The lowest BCUT2D eigenvalue weighted by atomic mass is 10.0. The van der Waals surface area contributed by atoms with E-state index in [1.807, 2.05) is 51.1 Å². The van der Waals surface area contributed by atoms with Crippen LogP contribution in [-0.2, 0) is 20.7 Å². The predicted octanol–water partition coefficient (Wildman–Crippen LogP) is 2.96. The third kappa shape index (κ3) is 6.29. The maximum Gasteiger partial charge on any atom is 0.328 e. The first kappa shape index (κ1) is 18.2. The fourth-order valence-corrected chi connectivity index (χ4v) is 1.94. The summed E-state index contributed by atoms with van der Waals surface area (Å²) in [4.78, 5) is 24.3. The Balaban J connectivity index is 2.56. The molecule has 0 spiro atoms. The van der Waals surface area contributed by atoms with E-state index in [2.05, 4.69) is 12.2 Å². The third-order valence-corrected chi connectivity index (χ3v) is 3.65. The minimum absolute atomic E-state index is 0.0100. The van der Waals surface area contributed by atoms with Crippen molar-refractivity contribution in [3.05, 3.63) is 35.9 Å². The Hall–Kier alpha value is -1.84. The van der Waals surface area contributed by atoms with Crippen LogP contribution >= 0.6 is 0 Å². The van der Waals surface area contributed by atoms with Crippen molar-refractivity contribution in [2.75, 3.05) is 6.61 Å². The second-order valence-corrected chi connectivity index (χ2v) is 6.10. The average molecular weight is 305 g/mol. The number of hydrogen-bond donors (Lipinski definition) is 1. The third-order valence-electron chi connectivity index (χ3n) is 3.65. The van der Waals surface area contributed by atoms with Crippen molar-refractivity contribution in [2.45, 2.75) is 46.6 Å². The Bertz CT molecular complexity index is 470. The van der Waals surface area contributed by atoms with E-state index in [-0.39, 0.29) is 24.2 Å². The molecule has 0 fully saturated rings. The molecule has 1 unspecified atom stereocenters. The molecule has 0 aromatic heterocycles. The van der Waals surface area contributed by atoms with Gasteiger partial charge >= 0.3 is 5.97 Å². The highest BCUT2D eigenvalue weighted by atomic mass is 16.5. The van der Waals surface area contributed by atoms with Gasteiger partial charge in [0.2, 0.25) is 5.91 Å². The second kappa shape index (κ2) is 9.23. The van der Waals surface area contributed by atoms with Crippen molar-refractivity contribution in [3.63, 3.8) is 0 Å². The van der Waals surface area contributed by atoms with Crippen LogP contribution in [0.3, 0.4) is 0 Å². The molecule has 0 aliphatic heterocycles. The van der Waals surface area contributed by atoms with Crippen LogP contribution in [0.2, 0.25) is 0 Å². The Morgan fingerprint density at radius 3 is 2.32 bits per heavy atom. The van der Waals surface area contributed by atoms with Gasteiger partial charge in [0.1, 0.15) is 6.04 Å². The Kier molecular flexibility index (Phi) is 7.64. The maximum atomic E-state index is 12.2. The number of ether oxygens (including phenoxy) is 1. The van der Waals surface area contributed by atoms with E-state index in [4.69, 9.17) is 4.74 Å². The number of carbonyl (C=O) groups is 2. The monoisotopic (exact) mass is 305 g/mol. The Labute approximate surface area is 133 Å². The molecular weight excluding hydrogens is 278 g/mol. The molecule has 2 atom stereocenters. The molecule has 1 rings (SSSR count).